The number of halogens is 1. The molecule has 3 rings (SSSR count). The maximum absolute atomic E-state index is 5.40. The largest absolute Gasteiger partial charge is 0.359 e. The number of aromatic nitrogens is 1. The first kappa shape index (κ1) is 23.2. The number of thiophene rings is 1. The van der Waals surface area contributed by atoms with E-state index in [1.165, 1.54) is 30.8 Å². The summed E-state index contributed by atoms with van der Waals surface area (Å²) in [6.07, 6.45) is 2.58. The van der Waals surface area contributed by atoms with Gasteiger partial charge in [0, 0.05) is 24.0 Å². The fourth-order valence-corrected chi connectivity index (χ4v) is 4.17. The van der Waals surface area contributed by atoms with Gasteiger partial charge < -0.3 is 15.2 Å². The average Bonchev–Trinajstić information content (AvgIpc) is 3.42. The van der Waals surface area contributed by atoms with Crippen molar-refractivity contribution < 1.29 is 4.52 Å². The predicted octanol–water partition coefficient (Wildman–Crippen LogP) is 4.37. The maximum atomic E-state index is 5.40. The highest BCUT2D eigenvalue weighted by Gasteiger charge is 2.24. The minimum absolute atomic E-state index is 0. The Morgan fingerprint density at radius 3 is 2.71 bits per heavy atom. The molecule has 0 saturated carbocycles. The molecule has 28 heavy (non-hydrogen) atoms. The van der Waals surface area contributed by atoms with Crippen molar-refractivity contribution in [2.75, 3.05) is 26.2 Å². The Balaban J connectivity index is 0.00000280. The van der Waals surface area contributed by atoms with E-state index in [9.17, 15) is 0 Å². The molecule has 0 aliphatic carbocycles. The molecule has 1 fully saturated rings. The number of hydrogen-bond donors (Lipinski definition) is 2. The molecule has 1 unspecified atom stereocenters. The van der Waals surface area contributed by atoms with Crippen LogP contribution in [-0.4, -0.2) is 42.2 Å². The molecule has 2 N–H and O–H groups in total. The molecule has 1 aliphatic rings. The van der Waals surface area contributed by atoms with Crippen LogP contribution in [0, 0.1) is 0 Å². The molecule has 0 aromatic carbocycles. The minimum Gasteiger partial charge on any atom is -0.359 e. The first-order valence-corrected chi connectivity index (χ1v) is 10.8. The van der Waals surface area contributed by atoms with Crippen LogP contribution in [0.5, 0.6) is 0 Å². The quantitative estimate of drug-likeness (QED) is 0.309. The zero-order valence-electron chi connectivity index (χ0n) is 17.0. The van der Waals surface area contributed by atoms with Crippen LogP contribution in [0.15, 0.2) is 33.1 Å². The molecule has 0 radical (unpaired) electrons. The lowest BCUT2D eigenvalue weighted by molar-refractivity contribution is 0.249. The molecule has 0 amide bonds. The molecular formula is C20H32IN5OS. The summed E-state index contributed by atoms with van der Waals surface area (Å²) >= 11 is 1.83. The standard InChI is InChI=1S/C20H31N5OS.HI/c1-4-21-20(22-13-16-12-17(15(2)3)24-26-16)23-14-18(19-8-7-11-27-19)25-9-5-6-10-25;/h7-8,11-12,15,18H,4-6,9-10,13-14H2,1-3H3,(H2,21,22,23);1H. The van der Waals surface area contributed by atoms with Gasteiger partial charge in [-0.3, -0.25) is 4.90 Å². The van der Waals surface area contributed by atoms with Gasteiger partial charge in [-0.15, -0.1) is 35.3 Å². The summed E-state index contributed by atoms with van der Waals surface area (Å²) in [4.78, 5) is 8.67. The SMILES string of the molecule is CCNC(=NCc1cc(C(C)C)no1)NCC(c1cccs1)N1CCCC1.I. The summed E-state index contributed by atoms with van der Waals surface area (Å²) < 4.78 is 5.40. The maximum Gasteiger partial charge on any atom is 0.191 e. The molecule has 1 aliphatic heterocycles. The van der Waals surface area contributed by atoms with Crippen molar-refractivity contribution >= 4 is 41.3 Å². The van der Waals surface area contributed by atoms with Crippen LogP contribution in [0.3, 0.4) is 0 Å². The molecule has 1 saturated heterocycles. The van der Waals surface area contributed by atoms with Crippen molar-refractivity contribution in [1.82, 2.24) is 20.7 Å². The van der Waals surface area contributed by atoms with Gasteiger partial charge in [0.15, 0.2) is 11.7 Å². The lowest BCUT2D eigenvalue weighted by Gasteiger charge is -2.27. The van der Waals surface area contributed by atoms with Crippen LogP contribution in [-0.2, 0) is 6.54 Å². The normalized spacial score (nSPS) is 16.2. The van der Waals surface area contributed by atoms with E-state index >= 15 is 0 Å². The van der Waals surface area contributed by atoms with Gasteiger partial charge in [0.25, 0.3) is 0 Å². The van der Waals surface area contributed by atoms with Crippen LogP contribution >= 0.6 is 35.3 Å². The highest BCUT2D eigenvalue weighted by molar-refractivity contribution is 14.0. The Morgan fingerprint density at radius 2 is 2.11 bits per heavy atom. The number of likely N-dealkylation sites (tertiary alicyclic amines) is 1. The Bertz CT molecular complexity index is 710. The Hall–Kier alpha value is -1.13. The van der Waals surface area contributed by atoms with Crippen molar-refractivity contribution in [1.29, 1.82) is 0 Å². The highest BCUT2D eigenvalue weighted by Crippen LogP contribution is 2.27. The van der Waals surface area contributed by atoms with Crippen LogP contribution in [0.1, 0.15) is 61.9 Å². The first-order chi connectivity index (χ1) is 13.2. The van der Waals surface area contributed by atoms with E-state index in [4.69, 9.17) is 4.52 Å². The summed E-state index contributed by atoms with van der Waals surface area (Å²) in [6, 6.07) is 6.77. The van der Waals surface area contributed by atoms with Gasteiger partial charge in [0.1, 0.15) is 6.54 Å². The second kappa shape index (κ2) is 11.8. The number of guanidine groups is 1. The lowest BCUT2D eigenvalue weighted by Crippen LogP contribution is -2.42. The Morgan fingerprint density at radius 1 is 1.32 bits per heavy atom. The number of nitrogens with zero attached hydrogens (tertiary/aromatic N) is 3. The van der Waals surface area contributed by atoms with Crippen LogP contribution in [0.2, 0.25) is 0 Å². The summed E-state index contributed by atoms with van der Waals surface area (Å²) in [5.74, 6) is 1.98. The van der Waals surface area contributed by atoms with E-state index < -0.39 is 0 Å². The van der Waals surface area contributed by atoms with Gasteiger partial charge in [-0.1, -0.05) is 25.1 Å². The molecule has 2 aromatic rings. The van der Waals surface area contributed by atoms with E-state index in [-0.39, 0.29) is 24.0 Å². The van der Waals surface area contributed by atoms with Gasteiger partial charge in [0.05, 0.1) is 11.7 Å². The van der Waals surface area contributed by atoms with Gasteiger partial charge >= 0.3 is 0 Å². The third-order valence-electron chi connectivity index (χ3n) is 4.82. The molecule has 3 heterocycles. The van der Waals surface area contributed by atoms with Gasteiger partial charge in [0.2, 0.25) is 0 Å². The summed E-state index contributed by atoms with van der Waals surface area (Å²) in [5, 5.41) is 13.1. The van der Waals surface area contributed by atoms with E-state index in [0.717, 1.165) is 30.5 Å². The third-order valence-corrected chi connectivity index (χ3v) is 5.80. The van der Waals surface area contributed by atoms with Crippen LogP contribution in [0.4, 0.5) is 0 Å². The first-order valence-electron chi connectivity index (χ1n) is 9.92. The molecular weight excluding hydrogens is 485 g/mol. The van der Waals surface area contributed by atoms with E-state index in [0.29, 0.717) is 18.5 Å². The van der Waals surface area contributed by atoms with Gasteiger partial charge in [-0.05, 0) is 50.2 Å². The van der Waals surface area contributed by atoms with Crippen LogP contribution < -0.4 is 10.6 Å². The van der Waals surface area contributed by atoms with Gasteiger partial charge in [-0.25, -0.2) is 4.99 Å². The monoisotopic (exact) mass is 517 g/mol. The second-order valence-corrected chi connectivity index (χ2v) is 8.20. The molecule has 0 spiro atoms. The van der Waals surface area contributed by atoms with Crippen molar-refractivity contribution in [3.05, 3.63) is 39.9 Å². The van der Waals surface area contributed by atoms with E-state index in [1.54, 1.807) is 0 Å². The van der Waals surface area contributed by atoms with Crippen LogP contribution in [0.25, 0.3) is 0 Å². The highest BCUT2D eigenvalue weighted by atomic mass is 127. The van der Waals surface area contributed by atoms with Gasteiger partial charge in [-0.2, -0.15) is 0 Å². The predicted molar refractivity (Wildman–Crippen MR) is 127 cm³/mol. The summed E-state index contributed by atoms with van der Waals surface area (Å²) in [5.41, 5.74) is 0.977. The smallest absolute Gasteiger partial charge is 0.191 e. The minimum atomic E-state index is 0. The van der Waals surface area contributed by atoms with Crippen molar-refractivity contribution in [3.63, 3.8) is 0 Å². The molecule has 8 heteroatoms. The average molecular weight is 517 g/mol. The van der Waals surface area contributed by atoms with Crippen molar-refractivity contribution in [3.8, 4) is 0 Å². The molecule has 2 aromatic heterocycles. The summed E-state index contributed by atoms with van der Waals surface area (Å²) in [6.45, 7) is 10.8. The molecule has 1 atom stereocenters. The zero-order chi connectivity index (χ0) is 19.1. The molecule has 156 valence electrons. The Kier molecular flexibility index (Phi) is 9.73. The molecule has 6 nitrogen and oxygen atoms in total. The van der Waals surface area contributed by atoms with Crippen molar-refractivity contribution in [2.24, 2.45) is 4.99 Å². The second-order valence-electron chi connectivity index (χ2n) is 7.22. The number of rotatable bonds is 8. The molecule has 0 bridgehead atoms. The fraction of sp³-hybridized carbons (Fsp3) is 0.600. The number of hydrogen-bond acceptors (Lipinski definition) is 5. The van der Waals surface area contributed by atoms with E-state index in [2.05, 4.69) is 64.0 Å². The third kappa shape index (κ3) is 6.45. The Labute approximate surface area is 189 Å². The topological polar surface area (TPSA) is 65.7 Å². The lowest BCUT2D eigenvalue weighted by atomic mass is 10.1. The summed E-state index contributed by atoms with van der Waals surface area (Å²) in [7, 11) is 0. The number of nitrogens with one attached hydrogen (secondary N) is 2. The van der Waals surface area contributed by atoms with Crippen molar-refractivity contribution in [2.45, 2.75) is 52.1 Å². The fourth-order valence-electron chi connectivity index (χ4n) is 3.31. The van der Waals surface area contributed by atoms with E-state index in [1.807, 2.05) is 17.4 Å². The number of aliphatic imine (C=N–C) groups is 1. The zero-order valence-corrected chi connectivity index (χ0v) is 20.1.